The van der Waals surface area contributed by atoms with Crippen molar-refractivity contribution < 1.29 is 9.53 Å². The van der Waals surface area contributed by atoms with E-state index in [1.54, 1.807) is 6.92 Å². The van der Waals surface area contributed by atoms with Gasteiger partial charge in [0.2, 0.25) is 0 Å². The lowest BCUT2D eigenvalue weighted by atomic mass is 10.3. The largest absolute Gasteiger partial charge is 0.464 e. The van der Waals surface area contributed by atoms with Crippen LogP contribution < -0.4 is 0 Å². The van der Waals surface area contributed by atoms with Gasteiger partial charge in [0, 0.05) is 12.4 Å². The molecule has 3 nitrogen and oxygen atoms in total. The second-order valence-electron chi connectivity index (χ2n) is 2.34. The van der Waals surface area contributed by atoms with Gasteiger partial charge in [-0.1, -0.05) is 0 Å². The highest BCUT2D eigenvalue weighted by Crippen LogP contribution is 2.40. The molecule has 1 rings (SSSR count). The minimum absolute atomic E-state index is 0.259. The monoisotopic (exact) mass is 159 g/mol. The number of rotatable bonds is 3. The van der Waals surface area contributed by atoms with Crippen molar-refractivity contribution >= 4 is 18.4 Å². The lowest BCUT2D eigenvalue weighted by Crippen LogP contribution is -2.22. The van der Waals surface area contributed by atoms with Gasteiger partial charge in [0.25, 0.3) is 0 Å². The number of esters is 1. The summed E-state index contributed by atoms with van der Waals surface area (Å²) < 4.78 is 8.32. The Bertz CT molecular complexity index is 165. The quantitative estimate of drug-likeness (QED) is 0.572. The first-order valence-corrected chi connectivity index (χ1v) is 3.63. The Labute approximate surface area is 64.9 Å². The van der Waals surface area contributed by atoms with Gasteiger partial charge in [0.05, 0.1) is 6.61 Å². The molecule has 0 saturated heterocycles. The third kappa shape index (κ3) is 1.16. The van der Waals surface area contributed by atoms with Gasteiger partial charge in [0.15, 0.2) is 5.54 Å². The van der Waals surface area contributed by atoms with Crippen LogP contribution in [0.15, 0.2) is 4.36 Å². The Morgan fingerprint density at radius 1 is 1.80 bits per heavy atom. The normalized spacial score (nSPS) is 19.7. The summed E-state index contributed by atoms with van der Waals surface area (Å²) in [6.07, 6.45) is 1.52. The van der Waals surface area contributed by atoms with Crippen LogP contribution in [-0.4, -0.2) is 18.1 Å². The molecular formula is C6H9NO2S. The third-order valence-corrected chi connectivity index (χ3v) is 1.90. The van der Waals surface area contributed by atoms with Gasteiger partial charge >= 0.3 is 5.97 Å². The van der Waals surface area contributed by atoms with E-state index in [0.29, 0.717) is 6.61 Å². The van der Waals surface area contributed by atoms with Crippen LogP contribution in [0, 0.1) is 0 Å². The molecule has 0 aromatic carbocycles. The van der Waals surface area contributed by atoms with Crippen molar-refractivity contribution in [2.45, 2.75) is 25.3 Å². The maximum Gasteiger partial charge on any atom is 0.335 e. The van der Waals surface area contributed by atoms with Crippen molar-refractivity contribution in [3.05, 3.63) is 0 Å². The van der Waals surface area contributed by atoms with E-state index in [9.17, 15) is 4.79 Å². The number of hydrogen-bond acceptors (Lipinski definition) is 4. The van der Waals surface area contributed by atoms with Crippen LogP contribution in [0.2, 0.25) is 0 Å². The molecule has 1 aliphatic rings. The fourth-order valence-electron chi connectivity index (χ4n) is 0.717. The first-order chi connectivity index (χ1) is 4.75. The zero-order valence-corrected chi connectivity index (χ0v) is 6.61. The van der Waals surface area contributed by atoms with Crippen molar-refractivity contribution in [2.24, 2.45) is 4.36 Å². The number of hydrogen-bond donors (Lipinski definition) is 0. The molecule has 1 saturated carbocycles. The lowest BCUT2D eigenvalue weighted by Gasteiger charge is -2.04. The fraction of sp³-hybridized carbons (Fsp3) is 0.833. The Kier molecular flexibility index (Phi) is 1.99. The smallest absolute Gasteiger partial charge is 0.335 e. The SMILES string of the molecule is CCOC(=O)C1(N=S)CC1. The van der Waals surface area contributed by atoms with Crippen molar-refractivity contribution in [3.8, 4) is 0 Å². The molecule has 56 valence electrons. The first-order valence-electron chi connectivity index (χ1n) is 3.27. The highest BCUT2D eigenvalue weighted by Gasteiger charge is 2.51. The molecule has 4 heteroatoms. The zero-order valence-electron chi connectivity index (χ0n) is 5.79. The van der Waals surface area contributed by atoms with Gasteiger partial charge in [-0.3, -0.25) is 0 Å². The molecule has 0 unspecified atom stereocenters. The number of nitrogens with zero attached hydrogens (tertiary/aromatic N) is 1. The molecular weight excluding hydrogens is 150 g/mol. The van der Waals surface area contributed by atoms with Crippen molar-refractivity contribution in [1.29, 1.82) is 0 Å². The second kappa shape index (κ2) is 2.62. The van der Waals surface area contributed by atoms with Gasteiger partial charge in [-0.15, -0.1) is 0 Å². The topological polar surface area (TPSA) is 38.7 Å². The molecule has 0 bridgehead atoms. The summed E-state index contributed by atoms with van der Waals surface area (Å²) in [5.41, 5.74) is -0.620. The lowest BCUT2D eigenvalue weighted by molar-refractivity contribution is -0.145. The molecule has 1 aliphatic carbocycles. The van der Waals surface area contributed by atoms with Gasteiger partial charge in [-0.05, 0) is 19.8 Å². The van der Waals surface area contributed by atoms with E-state index in [0.717, 1.165) is 12.8 Å². The molecule has 0 aromatic heterocycles. The van der Waals surface area contributed by atoms with Gasteiger partial charge in [-0.25, -0.2) is 9.16 Å². The Hall–Kier alpha value is -0.510. The summed E-state index contributed by atoms with van der Waals surface area (Å²) in [6.45, 7) is 2.18. The van der Waals surface area contributed by atoms with Gasteiger partial charge in [0.1, 0.15) is 0 Å². The Balaban J connectivity index is 2.47. The molecule has 0 atom stereocenters. The summed E-state index contributed by atoms with van der Waals surface area (Å²) in [7, 11) is 0. The molecule has 1 fully saturated rings. The second-order valence-corrected chi connectivity index (χ2v) is 2.53. The van der Waals surface area contributed by atoms with Crippen LogP contribution in [0.5, 0.6) is 0 Å². The highest BCUT2D eigenvalue weighted by atomic mass is 32.1. The first kappa shape index (κ1) is 7.60. The van der Waals surface area contributed by atoms with Gasteiger partial charge in [-0.2, -0.15) is 0 Å². The molecule has 10 heavy (non-hydrogen) atoms. The van der Waals surface area contributed by atoms with Crippen LogP contribution in [0.25, 0.3) is 0 Å². The van der Waals surface area contributed by atoms with E-state index in [1.165, 1.54) is 0 Å². The van der Waals surface area contributed by atoms with E-state index in [4.69, 9.17) is 4.74 Å². The number of carbonyl (C=O) groups is 1. The maximum absolute atomic E-state index is 11.0. The molecule has 0 amide bonds. The van der Waals surface area contributed by atoms with Crippen molar-refractivity contribution in [1.82, 2.24) is 0 Å². The van der Waals surface area contributed by atoms with Crippen LogP contribution >= 0.6 is 0 Å². The summed E-state index contributed by atoms with van der Waals surface area (Å²) in [5.74, 6) is -0.259. The summed E-state index contributed by atoms with van der Waals surface area (Å²) in [4.78, 5) is 11.0. The molecule has 0 radical (unpaired) electrons. The third-order valence-electron chi connectivity index (χ3n) is 1.55. The molecule has 0 aliphatic heterocycles. The molecule has 0 aromatic rings. The standard InChI is InChI=1S/C6H9NO2S/c1-2-9-5(8)6(7-10)3-4-6/h2-4H2,1H3. The van der Waals surface area contributed by atoms with Crippen molar-refractivity contribution in [3.63, 3.8) is 0 Å². The van der Waals surface area contributed by atoms with E-state index in [1.807, 2.05) is 0 Å². The number of carbonyl (C=O) groups excluding carboxylic acids is 1. The molecule has 0 heterocycles. The number of ether oxygens (including phenoxy) is 1. The van der Waals surface area contributed by atoms with Crippen LogP contribution in [0.1, 0.15) is 19.8 Å². The molecule has 0 N–H and O–H groups in total. The molecule has 0 spiro atoms. The van der Waals surface area contributed by atoms with E-state index in [2.05, 4.69) is 16.8 Å². The van der Waals surface area contributed by atoms with E-state index in [-0.39, 0.29) is 5.97 Å². The average Bonchev–Trinajstić information content (AvgIpc) is 2.68. The fourth-order valence-corrected chi connectivity index (χ4v) is 0.974. The summed E-state index contributed by atoms with van der Waals surface area (Å²) >= 11 is 4.47. The Morgan fingerprint density at radius 3 is 2.70 bits per heavy atom. The predicted molar refractivity (Wildman–Crippen MR) is 38.4 cm³/mol. The maximum atomic E-state index is 11.0. The minimum Gasteiger partial charge on any atom is -0.464 e. The minimum atomic E-state index is -0.620. The van der Waals surface area contributed by atoms with Gasteiger partial charge < -0.3 is 4.74 Å². The summed E-state index contributed by atoms with van der Waals surface area (Å²) in [5, 5.41) is 0. The van der Waals surface area contributed by atoms with E-state index < -0.39 is 5.54 Å². The zero-order chi connectivity index (χ0) is 7.61. The van der Waals surface area contributed by atoms with Crippen molar-refractivity contribution in [2.75, 3.05) is 6.61 Å². The van der Waals surface area contributed by atoms with E-state index >= 15 is 0 Å². The summed E-state index contributed by atoms with van der Waals surface area (Å²) in [6, 6.07) is 0. The van der Waals surface area contributed by atoms with Crippen LogP contribution in [-0.2, 0) is 22.0 Å². The van der Waals surface area contributed by atoms with Crippen LogP contribution in [0.4, 0.5) is 0 Å². The Morgan fingerprint density at radius 2 is 2.40 bits per heavy atom. The predicted octanol–water partition coefficient (Wildman–Crippen LogP) is 0.813. The van der Waals surface area contributed by atoms with Crippen LogP contribution in [0.3, 0.4) is 0 Å². The average molecular weight is 159 g/mol. The highest BCUT2D eigenvalue weighted by molar-refractivity contribution is 7.47.